The number of thioether (sulfide) groups is 1. The molecule has 14 heavy (non-hydrogen) atoms. The van der Waals surface area contributed by atoms with E-state index >= 15 is 0 Å². The van der Waals surface area contributed by atoms with Gasteiger partial charge in [0.1, 0.15) is 0 Å². The third kappa shape index (κ3) is 5.80. The van der Waals surface area contributed by atoms with Gasteiger partial charge >= 0.3 is 102 Å². The van der Waals surface area contributed by atoms with E-state index in [-0.39, 0.29) is 21.5 Å². The van der Waals surface area contributed by atoms with Gasteiger partial charge in [-0.2, -0.15) is 0 Å². The Kier molecular flexibility index (Phi) is 8.56. The zero-order chi connectivity index (χ0) is 11.0. The number of aliphatic imine (C=N–C) groups is 1. The summed E-state index contributed by atoms with van der Waals surface area (Å²) in [7, 11) is 0. The molecular formula is C10H18IN2S-. The van der Waals surface area contributed by atoms with Gasteiger partial charge < -0.3 is 0 Å². The van der Waals surface area contributed by atoms with Crippen LogP contribution in [0.1, 0.15) is 27.2 Å². The average molecular weight is 325 g/mol. The third-order valence-electron chi connectivity index (χ3n) is 1.77. The van der Waals surface area contributed by atoms with Gasteiger partial charge in [-0.15, -0.1) is 0 Å². The van der Waals surface area contributed by atoms with Crippen molar-refractivity contribution in [3.63, 3.8) is 0 Å². The Morgan fingerprint density at radius 3 is 2.50 bits per heavy atom. The van der Waals surface area contributed by atoms with E-state index in [2.05, 4.69) is 27.0 Å². The van der Waals surface area contributed by atoms with Gasteiger partial charge in [0.15, 0.2) is 0 Å². The van der Waals surface area contributed by atoms with Crippen molar-refractivity contribution in [3.8, 4) is 0 Å². The molecular weight excluding hydrogens is 307 g/mol. The molecule has 0 aromatic rings. The van der Waals surface area contributed by atoms with Crippen LogP contribution in [0.4, 0.5) is 0 Å². The van der Waals surface area contributed by atoms with Gasteiger partial charge in [-0.25, -0.2) is 0 Å². The van der Waals surface area contributed by atoms with Crippen LogP contribution in [-0.4, -0.2) is 22.4 Å². The number of nitrogens with zero attached hydrogens (tertiary/aromatic N) is 2. The Morgan fingerprint density at radius 1 is 1.43 bits per heavy atom. The van der Waals surface area contributed by atoms with Crippen LogP contribution in [0.5, 0.6) is 0 Å². The zero-order valence-corrected chi connectivity index (χ0v) is 12.4. The zero-order valence-electron chi connectivity index (χ0n) is 9.47. The van der Waals surface area contributed by atoms with Gasteiger partial charge in [0.25, 0.3) is 0 Å². The summed E-state index contributed by atoms with van der Waals surface area (Å²) in [6.07, 6.45) is 5.04. The molecule has 0 rings (SSSR count). The van der Waals surface area contributed by atoms with Crippen LogP contribution in [0.25, 0.3) is 0 Å². The predicted octanol–water partition coefficient (Wildman–Crippen LogP) is 0.156. The Balaban J connectivity index is 4.74. The van der Waals surface area contributed by atoms with E-state index in [0.717, 1.165) is 17.2 Å². The van der Waals surface area contributed by atoms with Crippen molar-refractivity contribution in [2.45, 2.75) is 27.2 Å². The van der Waals surface area contributed by atoms with E-state index in [4.69, 9.17) is 0 Å². The molecule has 82 valence electrons. The third-order valence-corrected chi connectivity index (χ3v) is 3.29. The van der Waals surface area contributed by atoms with E-state index in [1.165, 1.54) is 5.57 Å². The van der Waals surface area contributed by atoms with E-state index in [1.54, 1.807) is 11.8 Å². The molecule has 0 bridgehead atoms. The monoisotopic (exact) mass is 325 g/mol. The van der Waals surface area contributed by atoms with Crippen molar-refractivity contribution >= 4 is 23.0 Å². The summed E-state index contributed by atoms with van der Waals surface area (Å²) < 4.78 is 4.35. The molecule has 0 saturated carbocycles. The first-order valence-corrected chi connectivity index (χ1v) is 8.81. The van der Waals surface area contributed by atoms with Crippen molar-refractivity contribution in [1.29, 1.82) is 0 Å². The van der Waals surface area contributed by atoms with Gasteiger partial charge in [0.05, 0.1) is 0 Å². The van der Waals surface area contributed by atoms with Crippen molar-refractivity contribution in [3.05, 3.63) is 11.3 Å². The van der Waals surface area contributed by atoms with E-state index in [9.17, 15) is 0 Å². The second kappa shape index (κ2) is 8.47. The van der Waals surface area contributed by atoms with Crippen LogP contribution in [0.15, 0.2) is 19.5 Å². The molecule has 0 unspecified atom stereocenters. The molecule has 0 heterocycles. The summed E-state index contributed by atoms with van der Waals surface area (Å²) in [5, 5.41) is 1.10. The number of rotatable bonds is 4. The first-order valence-electron chi connectivity index (χ1n) is 4.46. The summed E-state index contributed by atoms with van der Waals surface area (Å²) in [6, 6.07) is 0. The number of hydrogen-bond donors (Lipinski definition) is 0. The number of alkyl halides is 1. The molecule has 0 aliphatic carbocycles. The first-order chi connectivity index (χ1) is 6.65. The normalized spacial score (nSPS) is 15.1. The molecule has 0 aromatic heterocycles. The molecule has 0 amide bonds. The molecule has 0 radical (unpaired) electrons. The van der Waals surface area contributed by atoms with Gasteiger partial charge in [0, 0.05) is 0 Å². The average Bonchev–Trinajstić information content (AvgIpc) is 2.18. The molecule has 0 aliphatic rings. The fourth-order valence-corrected chi connectivity index (χ4v) is 1.74. The van der Waals surface area contributed by atoms with Crippen LogP contribution in [-0.2, 0) is 0 Å². The summed E-state index contributed by atoms with van der Waals surface area (Å²) in [5.74, 6) is 0. The molecule has 0 N–H and O–H groups in total. The van der Waals surface area contributed by atoms with Crippen LogP contribution in [0.2, 0.25) is 0 Å². The standard InChI is InChI=1S/C10H18IN2S/c1-6-10(7-12-11-4)8(2)13-9(3)14-5/h7H,6H2,1-5H3/q-1/b10-8-,12-7?,13-9?. The predicted molar refractivity (Wildman–Crippen MR) is 64.0 cm³/mol. The Hall–Kier alpha value is 0.160. The van der Waals surface area contributed by atoms with E-state index in [0.29, 0.717) is 0 Å². The Bertz CT molecular complexity index is 257. The molecule has 0 spiro atoms. The maximum atomic E-state index is 4.50. The quantitative estimate of drug-likeness (QED) is 0.313. The number of hydrogen-bond acceptors (Lipinski definition) is 3. The number of halogens is 1. The van der Waals surface area contributed by atoms with Crippen molar-refractivity contribution in [1.82, 2.24) is 0 Å². The maximum absolute atomic E-state index is 4.50. The van der Waals surface area contributed by atoms with Gasteiger partial charge in [-0.1, -0.05) is 0 Å². The second-order valence-corrected chi connectivity index (χ2v) is 5.22. The summed E-state index contributed by atoms with van der Waals surface area (Å²) in [4.78, 5) is 6.65. The van der Waals surface area contributed by atoms with Crippen LogP contribution < -0.4 is 21.5 Å². The summed E-state index contributed by atoms with van der Waals surface area (Å²) in [6.45, 7) is 6.23. The summed E-state index contributed by atoms with van der Waals surface area (Å²) >= 11 is 1.68. The summed E-state index contributed by atoms with van der Waals surface area (Å²) in [5.41, 5.74) is 2.35. The topological polar surface area (TPSA) is 24.7 Å². The SMILES string of the molecule is CC/C(C=N[I-]C)=C(\C)N=C(C)SC. The molecule has 2 nitrogen and oxygen atoms in total. The van der Waals surface area contributed by atoms with Crippen LogP contribution in [0, 0.1) is 0 Å². The van der Waals surface area contributed by atoms with Crippen molar-refractivity contribution in [2.24, 2.45) is 8.20 Å². The van der Waals surface area contributed by atoms with Crippen molar-refractivity contribution < 1.29 is 21.5 Å². The van der Waals surface area contributed by atoms with Gasteiger partial charge in [-0.3, -0.25) is 0 Å². The van der Waals surface area contributed by atoms with E-state index in [1.807, 2.05) is 19.4 Å². The molecule has 4 heteroatoms. The number of allylic oxidation sites excluding steroid dienone is 2. The molecule has 0 atom stereocenters. The molecule has 0 aliphatic heterocycles. The fourth-order valence-electron chi connectivity index (χ4n) is 0.902. The molecule has 0 fully saturated rings. The van der Waals surface area contributed by atoms with Crippen molar-refractivity contribution in [2.75, 3.05) is 11.2 Å². The second-order valence-electron chi connectivity index (χ2n) is 2.69. The minimum absolute atomic E-state index is 0.00110. The molecule has 0 saturated heterocycles. The van der Waals surface area contributed by atoms with E-state index < -0.39 is 0 Å². The van der Waals surface area contributed by atoms with Gasteiger partial charge in [0.2, 0.25) is 0 Å². The minimum atomic E-state index is -0.00110. The fraction of sp³-hybridized carbons (Fsp3) is 0.600. The Morgan fingerprint density at radius 2 is 2.07 bits per heavy atom. The van der Waals surface area contributed by atoms with Gasteiger partial charge in [-0.05, 0) is 0 Å². The van der Waals surface area contributed by atoms with Crippen LogP contribution in [0.3, 0.4) is 0 Å². The molecule has 0 aromatic carbocycles. The first kappa shape index (κ1) is 14.2. The van der Waals surface area contributed by atoms with Crippen LogP contribution >= 0.6 is 11.8 Å². The Labute approximate surface area is 102 Å².